The Morgan fingerprint density at radius 3 is 2.73 bits per heavy atom. The highest BCUT2D eigenvalue weighted by Crippen LogP contribution is 2.18. The first-order valence-electron chi connectivity index (χ1n) is 4.43. The van der Waals surface area contributed by atoms with Crippen LogP contribution in [0.5, 0.6) is 0 Å². The molecule has 2 amide bonds. The van der Waals surface area contributed by atoms with E-state index < -0.39 is 0 Å². The lowest BCUT2D eigenvalue weighted by Gasteiger charge is -2.05. The second kappa shape index (κ2) is 3.58. The van der Waals surface area contributed by atoms with Crippen LogP contribution in [0, 0.1) is 17.1 Å². The van der Waals surface area contributed by atoms with Crippen LogP contribution in [0.3, 0.4) is 0 Å². The Morgan fingerprint density at radius 2 is 2.20 bits per heavy atom. The van der Waals surface area contributed by atoms with Crippen molar-refractivity contribution in [2.24, 2.45) is 0 Å². The first-order valence-corrected chi connectivity index (χ1v) is 4.43. The predicted molar refractivity (Wildman–Crippen MR) is 51.5 cm³/mol. The molecule has 1 aliphatic heterocycles. The molecule has 1 aromatic rings. The van der Waals surface area contributed by atoms with Crippen LogP contribution in [0.1, 0.15) is 0 Å². The van der Waals surface area contributed by atoms with E-state index in [2.05, 4.69) is 5.32 Å². The van der Waals surface area contributed by atoms with E-state index in [0.717, 1.165) is 0 Å². The van der Waals surface area contributed by atoms with Crippen LogP contribution in [0.4, 0.5) is 14.9 Å². The Hall–Kier alpha value is -2.09. The number of nitrogens with zero attached hydrogens (tertiary/aromatic N) is 2. The van der Waals surface area contributed by atoms with Crippen LogP contribution in [0.25, 0.3) is 0 Å². The lowest BCUT2D eigenvalue weighted by atomic mass is 10.3. The van der Waals surface area contributed by atoms with E-state index in [9.17, 15) is 9.18 Å². The summed E-state index contributed by atoms with van der Waals surface area (Å²) in [6.07, 6.45) is 0. The number of hydrogen-bond acceptors (Lipinski definition) is 2. The number of rotatable bonds is 1. The van der Waals surface area contributed by atoms with Crippen LogP contribution in [-0.2, 0) is 0 Å². The zero-order valence-electron chi connectivity index (χ0n) is 7.77. The first-order chi connectivity index (χ1) is 7.20. The Kier molecular flexibility index (Phi) is 2.26. The van der Waals surface area contributed by atoms with Gasteiger partial charge in [0.2, 0.25) is 0 Å². The summed E-state index contributed by atoms with van der Waals surface area (Å²) in [5.41, 5.74) is 0.519. The van der Waals surface area contributed by atoms with Gasteiger partial charge in [-0.1, -0.05) is 0 Å². The van der Waals surface area contributed by atoms with Crippen molar-refractivity contribution < 1.29 is 9.18 Å². The SMILES string of the molecule is N#C[C@@H]1CN1C(=O)Nc1ccc(F)cc1. The molecule has 1 aliphatic rings. The van der Waals surface area contributed by atoms with E-state index in [4.69, 9.17) is 5.26 Å². The fraction of sp³-hybridized carbons (Fsp3) is 0.200. The molecule has 0 unspecified atom stereocenters. The van der Waals surface area contributed by atoms with Gasteiger partial charge in [-0.2, -0.15) is 5.26 Å². The molecule has 1 N–H and O–H groups in total. The fourth-order valence-corrected chi connectivity index (χ4v) is 1.20. The molecule has 1 aromatic carbocycles. The third kappa shape index (κ3) is 2.05. The van der Waals surface area contributed by atoms with E-state index in [1.54, 1.807) is 0 Å². The van der Waals surface area contributed by atoms with Gasteiger partial charge in [0.05, 0.1) is 12.6 Å². The number of hydrogen-bond donors (Lipinski definition) is 1. The maximum atomic E-state index is 12.5. The summed E-state index contributed by atoms with van der Waals surface area (Å²) < 4.78 is 12.5. The minimum Gasteiger partial charge on any atom is -0.308 e. The second-order valence-corrected chi connectivity index (χ2v) is 3.23. The van der Waals surface area contributed by atoms with Gasteiger partial charge in [-0.15, -0.1) is 0 Å². The van der Waals surface area contributed by atoms with Crippen LogP contribution < -0.4 is 5.32 Å². The highest BCUT2D eigenvalue weighted by atomic mass is 19.1. The first kappa shape index (κ1) is 9.46. The summed E-state index contributed by atoms with van der Waals surface area (Å²) >= 11 is 0. The highest BCUT2D eigenvalue weighted by Gasteiger charge is 2.38. The molecule has 15 heavy (non-hydrogen) atoms. The third-order valence-corrected chi connectivity index (χ3v) is 2.12. The Balaban J connectivity index is 1.96. The number of urea groups is 1. The zero-order valence-corrected chi connectivity index (χ0v) is 7.77. The van der Waals surface area contributed by atoms with Crippen LogP contribution in [-0.4, -0.2) is 23.5 Å². The van der Waals surface area contributed by atoms with Crippen molar-refractivity contribution >= 4 is 11.7 Å². The summed E-state index contributed by atoms with van der Waals surface area (Å²) in [6, 6.07) is 6.80. The van der Waals surface area contributed by atoms with Crippen LogP contribution in [0.15, 0.2) is 24.3 Å². The molecule has 0 bridgehead atoms. The van der Waals surface area contributed by atoms with Gasteiger partial charge in [-0.25, -0.2) is 9.18 Å². The lowest BCUT2D eigenvalue weighted by Crippen LogP contribution is -2.20. The predicted octanol–water partition coefficient (Wildman–Crippen LogP) is 1.57. The molecule has 4 nitrogen and oxygen atoms in total. The maximum absolute atomic E-state index is 12.5. The Labute approximate surface area is 85.9 Å². The zero-order chi connectivity index (χ0) is 10.8. The van der Waals surface area contributed by atoms with E-state index >= 15 is 0 Å². The topological polar surface area (TPSA) is 55.9 Å². The van der Waals surface area contributed by atoms with Gasteiger partial charge in [-0.3, -0.25) is 0 Å². The van der Waals surface area contributed by atoms with Crippen molar-refractivity contribution in [3.63, 3.8) is 0 Å². The summed E-state index contributed by atoms with van der Waals surface area (Å²) in [5.74, 6) is -0.352. The molecule has 0 radical (unpaired) electrons. The van der Waals surface area contributed by atoms with Crippen molar-refractivity contribution in [3.05, 3.63) is 30.1 Å². The number of amides is 2. The van der Waals surface area contributed by atoms with Gasteiger partial charge >= 0.3 is 6.03 Å². The molecular formula is C10H8FN3O. The normalized spacial score (nSPS) is 18.1. The molecule has 1 heterocycles. The van der Waals surface area contributed by atoms with E-state index in [1.807, 2.05) is 6.07 Å². The van der Waals surface area contributed by atoms with Gasteiger partial charge in [0.1, 0.15) is 11.9 Å². The summed E-state index contributed by atoms with van der Waals surface area (Å²) in [5, 5.41) is 11.1. The molecule has 0 aromatic heterocycles. The molecule has 1 atom stereocenters. The number of anilines is 1. The van der Waals surface area contributed by atoms with E-state index in [0.29, 0.717) is 12.2 Å². The smallest absolute Gasteiger partial charge is 0.308 e. The lowest BCUT2D eigenvalue weighted by molar-refractivity contribution is 0.241. The van der Waals surface area contributed by atoms with Crippen LogP contribution in [0.2, 0.25) is 0 Å². The summed E-state index contributed by atoms with van der Waals surface area (Å²) in [6.45, 7) is 0.462. The minimum atomic E-state index is -0.352. The average Bonchev–Trinajstić information content (AvgIpc) is 3.00. The van der Waals surface area contributed by atoms with Crippen molar-refractivity contribution in [1.82, 2.24) is 4.90 Å². The molecular weight excluding hydrogens is 197 g/mol. The third-order valence-electron chi connectivity index (χ3n) is 2.12. The van der Waals surface area contributed by atoms with Crippen LogP contribution >= 0.6 is 0 Å². The minimum absolute atomic E-state index is 0.314. The highest BCUT2D eigenvalue weighted by molar-refractivity contribution is 5.91. The maximum Gasteiger partial charge on any atom is 0.323 e. The average molecular weight is 205 g/mol. The van der Waals surface area contributed by atoms with Crippen molar-refractivity contribution in [2.45, 2.75) is 6.04 Å². The number of benzene rings is 1. The van der Waals surface area contributed by atoms with Crippen molar-refractivity contribution in [1.29, 1.82) is 5.26 Å². The number of carbonyl (C=O) groups is 1. The molecule has 2 rings (SSSR count). The Bertz CT molecular complexity index is 423. The van der Waals surface area contributed by atoms with E-state index in [-0.39, 0.29) is 17.9 Å². The van der Waals surface area contributed by atoms with Gasteiger partial charge in [0.25, 0.3) is 0 Å². The standard InChI is InChI=1S/C10H8FN3O/c11-7-1-3-8(4-2-7)13-10(15)14-6-9(14)5-12/h1-4,9H,6H2,(H,13,15)/t9-,14?/m1/s1. The molecule has 5 heteroatoms. The fourth-order valence-electron chi connectivity index (χ4n) is 1.20. The summed E-state index contributed by atoms with van der Waals surface area (Å²) in [7, 11) is 0. The van der Waals surface area contributed by atoms with Gasteiger partial charge in [-0.05, 0) is 24.3 Å². The number of carbonyl (C=O) groups excluding carboxylic acids is 1. The number of halogens is 1. The molecule has 76 valence electrons. The molecule has 0 saturated carbocycles. The molecule has 1 saturated heterocycles. The van der Waals surface area contributed by atoms with Crippen molar-refractivity contribution in [3.8, 4) is 6.07 Å². The summed E-state index contributed by atoms with van der Waals surface area (Å²) in [4.78, 5) is 12.8. The number of nitriles is 1. The molecule has 0 spiro atoms. The van der Waals surface area contributed by atoms with Gasteiger partial charge < -0.3 is 10.2 Å². The largest absolute Gasteiger partial charge is 0.323 e. The molecule has 1 fully saturated rings. The van der Waals surface area contributed by atoms with Gasteiger partial charge in [0, 0.05) is 5.69 Å². The quantitative estimate of drug-likeness (QED) is 0.707. The molecule has 0 aliphatic carbocycles. The van der Waals surface area contributed by atoms with E-state index in [1.165, 1.54) is 29.2 Å². The van der Waals surface area contributed by atoms with Crippen molar-refractivity contribution in [2.75, 3.05) is 11.9 Å². The second-order valence-electron chi connectivity index (χ2n) is 3.23. The Morgan fingerprint density at radius 1 is 1.53 bits per heavy atom. The number of nitrogens with one attached hydrogen (secondary N) is 1. The monoisotopic (exact) mass is 205 g/mol. The van der Waals surface area contributed by atoms with Gasteiger partial charge in [0.15, 0.2) is 0 Å².